The van der Waals surface area contributed by atoms with Gasteiger partial charge in [-0.2, -0.15) is 0 Å². The molecular weight excluding hydrogens is 497 g/mol. The lowest BCUT2D eigenvalue weighted by Crippen LogP contribution is -2.35. The maximum absolute atomic E-state index is 14.7. The molecular formula is C30H30FN5O3. The van der Waals surface area contributed by atoms with Crippen molar-refractivity contribution in [2.24, 2.45) is 0 Å². The van der Waals surface area contributed by atoms with Gasteiger partial charge in [-0.25, -0.2) is 4.39 Å². The van der Waals surface area contributed by atoms with Crippen molar-refractivity contribution in [3.05, 3.63) is 102 Å². The fraction of sp³-hybridized carbons (Fsp3) is 0.200. The van der Waals surface area contributed by atoms with Gasteiger partial charge >= 0.3 is 0 Å². The highest BCUT2D eigenvalue weighted by Crippen LogP contribution is 2.25. The average molecular weight is 528 g/mol. The SMILES string of the molecule is Cc1c[nH]c(C(=O)Nc2ccc(Nc3ccc(NC(=O)c4ccc(N5CCC(O)CC5)cc4)cc3)c(F)c2)c1. The quantitative estimate of drug-likeness (QED) is 0.213. The second-order valence-electron chi connectivity index (χ2n) is 9.66. The van der Waals surface area contributed by atoms with Crippen LogP contribution in [0.2, 0.25) is 0 Å². The Labute approximate surface area is 225 Å². The van der Waals surface area contributed by atoms with Crippen LogP contribution in [0.1, 0.15) is 39.3 Å². The van der Waals surface area contributed by atoms with Crippen molar-refractivity contribution in [2.75, 3.05) is 33.9 Å². The first-order chi connectivity index (χ1) is 18.8. The average Bonchev–Trinajstić information content (AvgIpc) is 3.38. The van der Waals surface area contributed by atoms with E-state index < -0.39 is 5.82 Å². The number of hydrogen-bond donors (Lipinski definition) is 5. The van der Waals surface area contributed by atoms with Crippen molar-refractivity contribution < 1.29 is 19.1 Å². The molecule has 0 bridgehead atoms. The minimum Gasteiger partial charge on any atom is -0.393 e. The molecule has 0 aliphatic carbocycles. The van der Waals surface area contributed by atoms with Crippen molar-refractivity contribution in [2.45, 2.75) is 25.9 Å². The summed E-state index contributed by atoms with van der Waals surface area (Å²) in [7, 11) is 0. The summed E-state index contributed by atoms with van der Waals surface area (Å²) in [4.78, 5) is 30.1. The highest BCUT2D eigenvalue weighted by Gasteiger charge is 2.17. The molecule has 39 heavy (non-hydrogen) atoms. The second kappa shape index (κ2) is 11.4. The summed E-state index contributed by atoms with van der Waals surface area (Å²) in [6.07, 6.45) is 2.99. The number of hydrogen-bond acceptors (Lipinski definition) is 5. The van der Waals surface area contributed by atoms with E-state index >= 15 is 0 Å². The zero-order chi connectivity index (χ0) is 27.4. The number of aryl methyl sites for hydroxylation is 1. The van der Waals surface area contributed by atoms with Crippen LogP contribution < -0.4 is 20.9 Å². The van der Waals surface area contributed by atoms with Crippen molar-refractivity contribution >= 4 is 40.3 Å². The first kappa shape index (κ1) is 26.0. The molecule has 2 heterocycles. The van der Waals surface area contributed by atoms with Gasteiger partial charge in [-0.05, 0) is 98.1 Å². The number of halogens is 1. The van der Waals surface area contributed by atoms with Crippen LogP contribution in [0.15, 0.2) is 79.0 Å². The molecule has 200 valence electrons. The van der Waals surface area contributed by atoms with Gasteiger partial charge in [-0.1, -0.05) is 0 Å². The van der Waals surface area contributed by atoms with E-state index in [2.05, 4.69) is 25.8 Å². The van der Waals surface area contributed by atoms with E-state index in [-0.39, 0.29) is 23.6 Å². The lowest BCUT2D eigenvalue weighted by atomic mass is 10.1. The molecule has 5 rings (SSSR count). The van der Waals surface area contributed by atoms with Crippen LogP contribution in [-0.4, -0.2) is 41.1 Å². The monoisotopic (exact) mass is 527 g/mol. The molecule has 1 aliphatic heterocycles. The van der Waals surface area contributed by atoms with Crippen LogP contribution in [0.4, 0.5) is 32.8 Å². The smallest absolute Gasteiger partial charge is 0.272 e. The number of rotatable bonds is 7. The topological polar surface area (TPSA) is 109 Å². The number of benzene rings is 3. The second-order valence-corrected chi connectivity index (χ2v) is 9.66. The van der Waals surface area contributed by atoms with E-state index in [4.69, 9.17) is 0 Å². The van der Waals surface area contributed by atoms with Crippen LogP contribution in [-0.2, 0) is 0 Å². The summed E-state index contributed by atoms with van der Waals surface area (Å²) in [6.45, 7) is 3.47. The first-order valence-electron chi connectivity index (χ1n) is 12.8. The van der Waals surface area contributed by atoms with Crippen LogP contribution in [0, 0.1) is 12.7 Å². The molecule has 1 fully saturated rings. The van der Waals surface area contributed by atoms with Gasteiger partial charge < -0.3 is 30.9 Å². The van der Waals surface area contributed by atoms with Gasteiger partial charge in [-0.3, -0.25) is 9.59 Å². The van der Waals surface area contributed by atoms with Crippen LogP contribution in [0.25, 0.3) is 0 Å². The molecule has 5 N–H and O–H groups in total. The fourth-order valence-electron chi connectivity index (χ4n) is 4.47. The number of H-pyrrole nitrogens is 1. The number of amides is 2. The standard InChI is InChI=1S/C30H30FN5O3/c1-19-16-28(32-18-19)30(39)35-23-8-11-27(26(31)17-23)33-21-4-6-22(7-5-21)34-29(38)20-2-9-24(10-3-20)36-14-12-25(37)13-15-36/h2-11,16-18,25,32-33,37H,12-15H2,1H3,(H,34,38)(H,35,39). The number of nitrogens with zero attached hydrogens (tertiary/aromatic N) is 1. The lowest BCUT2D eigenvalue weighted by molar-refractivity contribution is 0.101. The minimum atomic E-state index is -0.517. The van der Waals surface area contributed by atoms with Gasteiger partial charge in [-0.15, -0.1) is 0 Å². The van der Waals surface area contributed by atoms with Gasteiger partial charge in [0.15, 0.2) is 0 Å². The van der Waals surface area contributed by atoms with Gasteiger partial charge in [0.05, 0.1) is 11.8 Å². The third-order valence-corrected chi connectivity index (χ3v) is 6.68. The van der Waals surface area contributed by atoms with E-state index in [0.717, 1.165) is 37.2 Å². The maximum Gasteiger partial charge on any atom is 0.272 e. The number of aromatic nitrogens is 1. The Morgan fingerprint density at radius 1 is 0.872 bits per heavy atom. The lowest BCUT2D eigenvalue weighted by Gasteiger charge is -2.31. The fourth-order valence-corrected chi connectivity index (χ4v) is 4.47. The van der Waals surface area contributed by atoms with Crippen LogP contribution >= 0.6 is 0 Å². The third-order valence-electron chi connectivity index (χ3n) is 6.68. The maximum atomic E-state index is 14.7. The van der Waals surface area contributed by atoms with Crippen molar-refractivity contribution in [3.63, 3.8) is 0 Å². The Balaban J connectivity index is 1.16. The molecule has 9 heteroatoms. The predicted molar refractivity (Wildman–Crippen MR) is 151 cm³/mol. The largest absolute Gasteiger partial charge is 0.393 e. The van der Waals surface area contributed by atoms with Gasteiger partial charge in [0.25, 0.3) is 11.8 Å². The Morgan fingerprint density at radius 2 is 1.51 bits per heavy atom. The van der Waals surface area contributed by atoms with E-state index in [1.54, 1.807) is 60.8 Å². The third kappa shape index (κ3) is 6.45. The summed E-state index contributed by atoms with van der Waals surface area (Å²) < 4.78 is 14.7. The van der Waals surface area contributed by atoms with E-state index in [0.29, 0.717) is 28.3 Å². The molecule has 8 nitrogen and oxygen atoms in total. The highest BCUT2D eigenvalue weighted by atomic mass is 19.1. The Kier molecular flexibility index (Phi) is 7.60. The number of anilines is 5. The molecule has 0 atom stereocenters. The summed E-state index contributed by atoms with van der Waals surface area (Å²) >= 11 is 0. The van der Waals surface area contributed by atoms with Crippen LogP contribution in [0.3, 0.4) is 0 Å². The van der Waals surface area contributed by atoms with Crippen LogP contribution in [0.5, 0.6) is 0 Å². The zero-order valence-electron chi connectivity index (χ0n) is 21.5. The van der Waals surface area contributed by atoms with Gasteiger partial charge in [0.2, 0.25) is 0 Å². The molecule has 4 aromatic rings. The normalized spacial score (nSPS) is 13.7. The molecule has 3 aromatic carbocycles. The number of carbonyl (C=O) groups is 2. The molecule has 0 saturated carbocycles. The van der Waals surface area contributed by atoms with E-state index in [9.17, 15) is 19.1 Å². The van der Waals surface area contributed by atoms with Crippen molar-refractivity contribution in [1.82, 2.24) is 4.98 Å². The minimum absolute atomic E-state index is 0.227. The summed E-state index contributed by atoms with van der Waals surface area (Å²) in [6, 6.07) is 20.5. The first-order valence-corrected chi connectivity index (χ1v) is 12.8. The molecule has 0 spiro atoms. The number of piperidine rings is 1. The Morgan fingerprint density at radius 3 is 2.15 bits per heavy atom. The van der Waals surface area contributed by atoms with Crippen molar-refractivity contribution in [3.8, 4) is 0 Å². The number of aliphatic hydroxyl groups excluding tert-OH is 1. The molecule has 2 amide bonds. The van der Waals surface area contributed by atoms with E-state index in [1.807, 2.05) is 19.1 Å². The highest BCUT2D eigenvalue weighted by molar-refractivity contribution is 6.04. The van der Waals surface area contributed by atoms with Crippen molar-refractivity contribution in [1.29, 1.82) is 0 Å². The molecule has 1 aliphatic rings. The number of aliphatic hydroxyl groups is 1. The zero-order valence-corrected chi connectivity index (χ0v) is 21.5. The predicted octanol–water partition coefficient (Wildman–Crippen LogP) is 5.67. The van der Waals surface area contributed by atoms with E-state index in [1.165, 1.54) is 6.07 Å². The van der Waals surface area contributed by atoms with Gasteiger partial charge in [0.1, 0.15) is 11.5 Å². The molecule has 1 saturated heterocycles. The molecule has 0 unspecified atom stereocenters. The summed E-state index contributed by atoms with van der Waals surface area (Å²) in [5, 5.41) is 18.3. The van der Waals surface area contributed by atoms with Gasteiger partial charge in [0, 0.05) is 47.6 Å². The molecule has 1 aromatic heterocycles. The number of carbonyl (C=O) groups excluding carboxylic acids is 2. The summed E-state index contributed by atoms with van der Waals surface area (Å²) in [5.41, 5.74) is 4.75. The Hall–Kier alpha value is -4.63. The molecule has 0 radical (unpaired) electrons. The number of nitrogens with one attached hydrogen (secondary N) is 4. The Bertz CT molecular complexity index is 1460. The number of aromatic amines is 1. The summed E-state index contributed by atoms with van der Waals surface area (Å²) in [5.74, 6) is -1.09.